The molecule has 0 saturated carbocycles. The largest absolute Gasteiger partial charge is 0.358 e. The number of hydrogen-bond acceptors (Lipinski definition) is 8. The first-order valence-electron chi connectivity index (χ1n) is 9.98. The third-order valence-corrected chi connectivity index (χ3v) is 5.47. The van der Waals surface area contributed by atoms with E-state index in [2.05, 4.69) is 30.7 Å². The predicted octanol–water partition coefficient (Wildman–Crippen LogP) is 2.46. The van der Waals surface area contributed by atoms with E-state index in [1.807, 2.05) is 6.92 Å². The number of aromatic amines is 1. The summed E-state index contributed by atoms with van der Waals surface area (Å²) in [6.07, 6.45) is 4.53. The van der Waals surface area contributed by atoms with Gasteiger partial charge in [-0.1, -0.05) is 17.7 Å². The van der Waals surface area contributed by atoms with Gasteiger partial charge in [0.15, 0.2) is 17.3 Å². The quantitative estimate of drug-likeness (QED) is 0.361. The van der Waals surface area contributed by atoms with E-state index >= 15 is 0 Å². The molecule has 0 aliphatic rings. The van der Waals surface area contributed by atoms with Crippen molar-refractivity contribution in [3.63, 3.8) is 0 Å². The van der Waals surface area contributed by atoms with Crippen LogP contribution in [0.5, 0.6) is 0 Å². The molecule has 0 amide bonds. The summed E-state index contributed by atoms with van der Waals surface area (Å²) in [5.74, 6) is 0.869. The van der Waals surface area contributed by atoms with Crippen molar-refractivity contribution in [2.45, 2.75) is 13.0 Å². The van der Waals surface area contributed by atoms with E-state index in [1.165, 1.54) is 28.0 Å². The van der Waals surface area contributed by atoms with Crippen LogP contribution in [0.25, 0.3) is 22.1 Å². The highest BCUT2D eigenvalue weighted by molar-refractivity contribution is 6.35. The van der Waals surface area contributed by atoms with E-state index in [0.29, 0.717) is 39.0 Å². The van der Waals surface area contributed by atoms with Crippen LogP contribution in [0.3, 0.4) is 0 Å². The zero-order valence-electron chi connectivity index (χ0n) is 17.6. The molecule has 0 aliphatic carbocycles. The molecule has 12 heteroatoms. The Labute approximate surface area is 191 Å². The summed E-state index contributed by atoms with van der Waals surface area (Å²) in [5.41, 5.74) is 4.64. The fraction of sp³-hybridized carbons (Fsp3) is 0.143. The molecule has 1 aromatic carbocycles. The van der Waals surface area contributed by atoms with Crippen molar-refractivity contribution in [1.29, 1.82) is 0 Å². The van der Waals surface area contributed by atoms with Gasteiger partial charge in [-0.3, -0.25) is 15.0 Å². The number of aromatic nitrogens is 7. The third kappa shape index (κ3) is 3.68. The average molecular weight is 464 g/mol. The third-order valence-electron chi connectivity index (χ3n) is 5.16. The van der Waals surface area contributed by atoms with Crippen LogP contribution in [0.4, 0.5) is 11.5 Å². The van der Waals surface area contributed by atoms with Gasteiger partial charge in [0, 0.05) is 19.3 Å². The molecule has 0 bridgehead atoms. The molecule has 33 heavy (non-hydrogen) atoms. The maximum absolute atomic E-state index is 13.5. The predicted molar refractivity (Wildman–Crippen MR) is 125 cm³/mol. The summed E-state index contributed by atoms with van der Waals surface area (Å²) in [4.78, 5) is 45.6. The molecular weight excluding hydrogens is 446 g/mol. The number of nitrogens with zero attached hydrogens (tertiary/aromatic N) is 6. The lowest BCUT2D eigenvalue weighted by molar-refractivity contribution is 0.699. The van der Waals surface area contributed by atoms with Gasteiger partial charge in [0.25, 0.3) is 5.56 Å². The summed E-state index contributed by atoms with van der Waals surface area (Å²) in [6.45, 7) is 1.84. The first kappa shape index (κ1) is 20.6. The number of pyridine rings is 1. The van der Waals surface area contributed by atoms with Crippen LogP contribution in [0, 0.1) is 0 Å². The van der Waals surface area contributed by atoms with Crippen molar-refractivity contribution < 1.29 is 0 Å². The molecule has 3 N–H and O–H groups in total. The molecule has 0 spiro atoms. The van der Waals surface area contributed by atoms with E-state index in [1.54, 1.807) is 37.5 Å². The molecule has 4 heterocycles. The van der Waals surface area contributed by atoms with Crippen molar-refractivity contribution in [3.8, 4) is 0 Å². The molecule has 166 valence electrons. The van der Waals surface area contributed by atoms with Crippen LogP contribution in [0.1, 0.15) is 18.8 Å². The Morgan fingerprint density at radius 3 is 2.79 bits per heavy atom. The first-order chi connectivity index (χ1) is 15.9. The highest BCUT2D eigenvalue weighted by Crippen LogP contribution is 2.24. The molecule has 1 atom stereocenters. The maximum atomic E-state index is 13.5. The second-order valence-corrected chi connectivity index (χ2v) is 7.82. The van der Waals surface area contributed by atoms with Gasteiger partial charge < -0.3 is 14.9 Å². The molecule has 0 fully saturated rings. The number of hydrogen-bond donors (Lipinski definition) is 3. The Hall–Kier alpha value is -4.25. The zero-order valence-corrected chi connectivity index (χ0v) is 18.3. The molecule has 0 saturated heterocycles. The monoisotopic (exact) mass is 463 g/mol. The minimum Gasteiger partial charge on any atom is -0.358 e. The van der Waals surface area contributed by atoms with Crippen molar-refractivity contribution in [1.82, 2.24) is 34.2 Å². The van der Waals surface area contributed by atoms with Gasteiger partial charge in [-0.15, -0.1) is 0 Å². The lowest BCUT2D eigenvalue weighted by atomic mass is 10.2. The number of anilines is 2. The van der Waals surface area contributed by atoms with E-state index in [-0.39, 0.29) is 16.5 Å². The van der Waals surface area contributed by atoms with Gasteiger partial charge in [-0.25, -0.2) is 24.6 Å². The second-order valence-electron chi connectivity index (χ2n) is 7.41. The van der Waals surface area contributed by atoms with E-state index in [0.717, 1.165) is 0 Å². The second kappa shape index (κ2) is 8.02. The highest BCUT2D eigenvalue weighted by Gasteiger charge is 2.20. The van der Waals surface area contributed by atoms with Gasteiger partial charge in [-0.05, 0) is 25.1 Å². The van der Waals surface area contributed by atoms with Gasteiger partial charge in [0.2, 0.25) is 5.56 Å². The fourth-order valence-electron chi connectivity index (χ4n) is 3.53. The summed E-state index contributed by atoms with van der Waals surface area (Å²) in [7, 11) is 1.63. The Morgan fingerprint density at radius 2 is 1.97 bits per heavy atom. The zero-order chi connectivity index (χ0) is 23.1. The number of halogens is 1. The highest BCUT2D eigenvalue weighted by atomic mass is 35.5. The van der Waals surface area contributed by atoms with Crippen LogP contribution in [-0.4, -0.2) is 34.2 Å². The number of imidazole rings is 1. The van der Waals surface area contributed by atoms with Crippen LogP contribution >= 0.6 is 11.6 Å². The number of benzene rings is 1. The standard InChI is InChI=1S/C21H18ClN9O2/c1-11(27-19-17-18(24-9-23-17)25-10-26-19)20-28-14-5-3-4-13(22)16(14)21(33)31(20)29-12-6-7-15(32)30(2)8-12/h3-11,29H,1-2H3,(H2,23,24,25,26,27). The number of H-pyrrole nitrogens is 1. The summed E-state index contributed by atoms with van der Waals surface area (Å²) >= 11 is 6.33. The molecule has 1 unspecified atom stereocenters. The van der Waals surface area contributed by atoms with Gasteiger partial charge in [0.1, 0.15) is 11.8 Å². The SMILES string of the molecule is CC(Nc1ncnc2[nH]cnc12)c1nc2cccc(Cl)c2c(=O)n1Nc1ccc(=O)n(C)c1. The molecular formula is C21H18ClN9O2. The average Bonchev–Trinajstić information content (AvgIpc) is 3.28. The van der Waals surface area contributed by atoms with Crippen molar-refractivity contribution in [2.75, 3.05) is 10.7 Å². The molecule has 4 aromatic heterocycles. The molecule has 11 nitrogen and oxygen atoms in total. The number of nitrogens with one attached hydrogen (secondary N) is 3. The number of fused-ring (bicyclic) bond motifs is 2. The van der Waals surface area contributed by atoms with Crippen LogP contribution in [-0.2, 0) is 7.05 Å². The normalized spacial score (nSPS) is 12.2. The van der Waals surface area contributed by atoms with Gasteiger partial charge in [0.05, 0.1) is 34.0 Å². The van der Waals surface area contributed by atoms with Crippen molar-refractivity contribution >= 4 is 45.2 Å². The Balaban J connectivity index is 1.65. The fourth-order valence-corrected chi connectivity index (χ4v) is 3.78. The van der Waals surface area contributed by atoms with Crippen LogP contribution < -0.4 is 21.9 Å². The summed E-state index contributed by atoms with van der Waals surface area (Å²) < 4.78 is 2.72. The lowest BCUT2D eigenvalue weighted by Gasteiger charge is -2.21. The van der Waals surface area contributed by atoms with Crippen molar-refractivity contribution in [2.24, 2.45) is 7.05 Å². The smallest absolute Gasteiger partial charge is 0.281 e. The Bertz CT molecular complexity index is 1620. The van der Waals surface area contributed by atoms with E-state index < -0.39 is 6.04 Å². The van der Waals surface area contributed by atoms with Crippen molar-refractivity contribution in [3.05, 3.63) is 80.7 Å². The summed E-state index contributed by atoms with van der Waals surface area (Å²) in [6, 6.07) is 7.63. The van der Waals surface area contributed by atoms with Crippen LogP contribution in [0.15, 0.2) is 58.8 Å². The van der Waals surface area contributed by atoms with Crippen LogP contribution in [0.2, 0.25) is 5.02 Å². The minimum absolute atomic E-state index is 0.172. The maximum Gasteiger partial charge on any atom is 0.281 e. The summed E-state index contributed by atoms with van der Waals surface area (Å²) in [5, 5.41) is 3.83. The molecule has 0 radical (unpaired) electrons. The number of rotatable bonds is 5. The Morgan fingerprint density at radius 1 is 1.12 bits per heavy atom. The first-order valence-corrected chi connectivity index (χ1v) is 10.4. The van der Waals surface area contributed by atoms with Gasteiger partial charge in [-0.2, -0.15) is 0 Å². The minimum atomic E-state index is -0.476. The molecule has 0 aliphatic heterocycles. The van der Waals surface area contributed by atoms with E-state index in [9.17, 15) is 9.59 Å². The topological polar surface area (TPSA) is 135 Å². The molecule has 5 rings (SSSR count). The lowest BCUT2D eigenvalue weighted by Crippen LogP contribution is -2.33. The Kier molecular flexibility index (Phi) is 5.02. The number of aryl methyl sites for hydroxylation is 1. The van der Waals surface area contributed by atoms with E-state index in [4.69, 9.17) is 16.6 Å². The molecule has 5 aromatic rings. The van der Waals surface area contributed by atoms with Gasteiger partial charge >= 0.3 is 0 Å².